The summed E-state index contributed by atoms with van der Waals surface area (Å²) in [6, 6.07) is 9.59. The van der Waals surface area contributed by atoms with E-state index >= 15 is 0 Å². The van der Waals surface area contributed by atoms with Crippen LogP contribution < -0.4 is 11.2 Å². The van der Waals surface area contributed by atoms with Gasteiger partial charge in [-0.25, -0.2) is 19.1 Å². The lowest BCUT2D eigenvalue weighted by Gasteiger charge is -2.32. The number of carbonyl (C=O) groups excluding carboxylic acids is 1. The van der Waals surface area contributed by atoms with Crippen molar-refractivity contribution in [1.29, 1.82) is 0 Å². The molecule has 0 saturated heterocycles. The number of aliphatic hydroxyl groups excluding tert-OH is 1. The van der Waals surface area contributed by atoms with Gasteiger partial charge in [-0.2, -0.15) is 0 Å². The number of esters is 1. The second kappa shape index (κ2) is 11.9. The van der Waals surface area contributed by atoms with E-state index in [9.17, 15) is 19.5 Å². The van der Waals surface area contributed by atoms with E-state index in [1.807, 2.05) is 30.3 Å². The summed E-state index contributed by atoms with van der Waals surface area (Å²) in [6.07, 6.45) is 4.65. The summed E-state index contributed by atoms with van der Waals surface area (Å²) in [5, 5.41) is 10.6. The van der Waals surface area contributed by atoms with Crippen LogP contribution in [-0.2, 0) is 26.4 Å². The number of oxazole rings is 1. The van der Waals surface area contributed by atoms with E-state index in [2.05, 4.69) is 4.98 Å². The van der Waals surface area contributed by atoms with Crippen molar-refractivity contribution < 1.29 is 23.8 Å². The number of fused-ring (bicyclic) bond motifs is 1. The van der Waals surface area contributed by atoms with Crippen LogP contribution in [-0.4, -0.2) is 43.0 Å². The third kappa shape index (κ3) is 6.25. The fourth-order valence-electron chi connectivity index (χ4n) is 5.57. The van der Waals surface area contributed by atoms with E-state index in [0.717, 1.165) is 29.4 Å². The average molecular weight is 610 g/mol. The number of hydrogen-bond acceptors (Lipinski definition) is 9. The first-order valence-electron chi connectivity index (χ1n) is 14.6. The minimum absolute atomic E-state index is 0.0710. The SMILES string of the molecule is Cc1c(-c2ncco2)sc2c1c(=O)n(C(C)(C)C(=O)OC(C)(C)C)c(=O)n2C[C@H](OC1CCCC(O)C1)c1ccccc1. The topological polar surface area (TPSA) is 126 Å². The molecule has 5 rings (SSSR count). The molecule has 11 heteroatoms. The van der Waals surface area contributed by atoms with E-state index in [1.165, 1.54) is 42.2 Å². The van der Waals surface area contributed by atoms with Gasteiger partial charge >= 0.3 is 11.7 Å². The highest BCUT2D eigenvalue weighted by Gasteiger charge is 2.39. The van der Waals surface area contributed by atoms with Crippen LogP contribution in [0.3, 0.4) is 0 Å². The van der Waals surface area contributed by atoms with Crippen LogP contribution in [0.1, 0.15) is 77.5 Å². The number of hydrogen-bond donors (Lipinski definition) is 1. The third-order valence-corrected chi connectivity index (χ3v) is 9.07. The molecule has 1 aliphatic carbocycles. The maximum atomic E-state index is 14.4. The fourth-order valence-corrected chi connectivity index (χ4v) is 6.81. The molecule has 43 heavy (non-hydrogen) atoms. The van der Waals surface area contributed by atoms with Crippen LogP contribution in [0.5, 0.6) is 0 Å². The molecule has 1 aliphatic rings. The van der Waals surface area contributed by atoms with Crippen LogP contribution in [0.4, 0.5) is 0 Å². The predicted octanol–water partition coefficient (Wildman–Crippen LogP) is 5.33. The Balaban J connectivity index is 1.72. The lowest BCUT2D eigenvalue weighted by atomic mass is 9.94. The van der Waals surface area contributed by atoms with E-state index in [4.69, 9.17) is 13.9 Å². The van der Waals surface area contributed by atoms with Gasteiger partial charge in [-0.05, 0) is 78.4 Å². The summed E-state index contributed by atoms with van der Waals surface area (Å²) in [4.78, 5) is 47.4. The normalized spacial score (nSPS) is 18.6. The predicted molar refractivity (Wildman–Crippen MR) is 164 cm³/mol. The molecule has 10 nitrogen and oxygen atoms in total. The zero-order valence-electron chi connectivity index (χ0n) is 25.5. The van der Waals surface area contributed by atoms with Crippen molar-refractivity contribution in [3.8, 4) is 10.8 Å². The Labute approximate surface area is 253 Å². The highest BCUT2D eigenvalue weighted by molar-refractivity contribution is 7.22. The van der Waals surface area contributed by atoms with Crippen molar-refractivity contribution in [3.63, 3.8) is 0 Å². The minimum Gasteiger partial charge on any atom is -0.458 e. The highest BCUT2D eigenvalue weighted by Crippen LogP contribution is 2.37. The van der Waals surface area contributed by atoms with Crippen molar-refractivity contribution in [1.82, 2.24) is 14.1 Å². The Kier molecular flexibility index (Phi) is 8.52. The Morgan fingerprint density at radius 3 is 2.51 bits per heavy atom. The van der Waals surface area contributed by atoms with Crippen LogP contribution in [0.2, 0.25) is 0 Å². The standard InChI is InChI=1S/C32H39N3O7S/c1-19-24-27(37)35(32(5,6)29(38)42-31(2,3)4)30(39)34(28(24)43-25(19)26-33-15-16-40-26)18-23(20-11-8-7-9-12-20)41-22-14-10-13-21(36)17-22/h7-9,11-12,15-16,21-23,36H,10,13-14,17-18H2,1-6H3/t21?,22?,23-/m0/s1. The molecule has 3 aromatic heterocycles. The average Bonchev–Trinajstić information content (AvgIpc) is 3.58. The van der Waals surface area contributed by atoms with Gasteiger partial charge in [0.05, 0.1) is 35.2 Å². The molecule has 1 aromatic carbocycles. The number of carbonyl (C=O) groups is 1. The number of rotatable bonds is 8. The van der Waals surface area contributed by atoms with Crippen molar-refractivity contribution in [3.05, 3.63) is 74.8 Å². The molecule has 1 saturated carbocycles. The second-order valence-electron chi connectivity index (χ2n) is 12.6. The Bertz CT molecular complexity index is 1710. The number of benzene rings is 1. The zero-order chi connectivity index (χ0) is 31.1. The molecule has 3 heterocycles. The van der Waals surface area contributed by atoms with Gasteiger partial charge in [0.2, 0.25) is 5.89 Å². The number of aromatic nitrogens is 3. The van der Waals surface area contributed by atoms with Crippen LogP contribution in [0.25, 0.3) is 21.0 Å². The quantitative estimate of drug-likeness (QED) is 0.266. The molecular weight excluding hydrogens is 570 g/mol. The maximum Gasteiger partial charge on any atom is 0.333 e. The molecule has 1 N–H and O–H groups in total. The van der Waals surface area contributed by atoms with Gasteiger partial charge < -0.3 is 19.0 Å². The minimum atomic E-state index is -1.62. The lowest BCUT2D eigenvalue weighted by molar-refractivity contribution is -0.164. The number of ether oxygens (including phenoxy) is 2. The lowest BCUT2D eigenvalue weighted by Crippen LogP contribution is -2.54. The largest absolute Gasteiger partial charge is 0.458 e. The number of aliphatic hydroxyl groups is 1. The van der Waals surface area contributed by atoms with Gasteiger partial charge in [0, 0.05) is 0 Å². The first-order valence-corrected chi connectivity index (χ1v) is 15.4. The Morgan fingerprint density at radius 2 is 1.88 bits per heavy atom. The van der Waals surface area contributed by atoms with E-state index in [-0.39, 0.29) is 12.6 Å². The van der Waals surface area contributed by atoms with E-state index in [0.29, 0.717) is 33.0 Å². The van der Waals surface area contributed by atoms with Gasteiger partial charge in [0.25, 0.3) is 5.56 Å². The summed E-state index contributed by atoms with van der Waals surface area (Å²) in [5.41, 5.74) is -2.23. The van der Waals surface area contributed by atoms with Crippen LogP contribution in [0, 0.1) is 6.92 Å². The van der Waals surface area contributed by atoms with E-state index in [1.54, 1.807) is 27.7 Å². The molecule has 0 spiro atoms. The smallest absolute Gasteiger partial charge is 0.333 e. The molecule has 230 valence electrons. The summed E-state index contributed by atoms with van der Waals surface area (Å²) in [6.45, 7) is 10.1. The summed E-state index contributed by atoms with van der Waals surface area (Å²) < 4.78 is 20.4. The Morgan fingerprint density at radius 1 is 1.16 bits per heavy atom. The fraction of sp³-hybridized carbons (Fsp3) is 0.500. The second-order valence-corrected chi connectivity index (χ2v) is 13.6. The first kappa shape index (κ1) is 30.9. The van der Waals surface area contributed by atoms with Crippen molar-refractivity contribution >= 4 is 27.5 Å². The molecule has 0 amide bonds. The molecule has 0 radical (unpaired) electrons. The maximum absolute atomic E-state index is 14.4. The molecule has 0 bridgehead atoms. The van der Waals surface area contributed by atoms with Gasteiger partial charge in [-0.1, -0.05) is 30.3 Å². The van der Waals surface area contributed by atoms with Gasteiger partial charge in [-0.3, -0.25) is 9.36 Å². The van der Waals surface area contributed by atoms with Crippen molar-refractivity contribution in [2.24, 2.45) is 0 Å². The van der Waals surface area contributed by atoms with Gasteiger partial charge in [-0.15, -0.1) is 11.3 Å². The number of nitrogens with zero attached hydrogens (tertiary/aromatic N) is 3. The first-order chi connectivity index (χ1) is 20.3. The molecular formula is C32H39N3O7S. The summed E-state index contributed by atoms with van der Waals surface area (Å²) in [5.74, 6) is -0.361. The summed E-state index contributed by atoms with van der Waals surface area (Å²) >= 11 is 1.24. The van der Waals surface area contributed by atoms with Crippen LogP contribution >= 0.6 is 11.3 Å². The van der Waals surface area contributed by atoms with Crippen molar-refractivity contribution in [2.45, 2.75) is 103 Å². The summed E-state index contributed by atoms with van der Waals surface area (Å²) in [7, 11) is 0. The Hall–Kier alpha value is -3.54. The highest BCUT2D eigenvalue weighted by atomic mass is 32.1. The number of aryl methyl sites for hydroxylation is 1. The van der Waals surface area contributed by atoms with Gasteiger partial charge in [0.15, 0.2) is 0 Å². The monoisotopic (exact) mass is 609 g/mol. The molecule has 1 fully saturated rings. The molecule has 3 atom stereocenters. The molecule has 4 aromatic rings. The molecule has 2 unspecified atom stereocenters. The third-order valence-electron chi connectivity index (χ3n) is 7.77. The zero-order valence-corrected chi connectivity index (χ0v) is 26.3. The van der Waals surface area contributed by atoms with Crippen LogP contribution in [0.15, 0.2) is 56.8 Å². The van der Waals surface area contributed by atoms with Crippen molar-refractivity contribution in [2.75, 3.05) is 0 Å². The number of thiophene rings is 1. The molecule has 0 aliphatic heterocycles. The van der Waals surface area contributed by atoms with E-state index < -0.39 is 40.6 Å². The van der Waals surface area contributed by atoms with Gasteiger partial charge in [0.1, 0.15) is 28.3 Å².